The first-order valence-electron chi connectivity index (χ1n) is 9.37. The highest BCUT2D eigenvalue weighted by Crippen LogP contribution is 2.40. The van der Waals surface area contributed by atoms with Crippen LogP contribution in [-0.4, -0.2) is 91.6 Å². The Hall–Kier alpha value is -3.33. The molecule has 0 spiro atoms. The number of hydrogen-bond acceptors (Lipinski definition) is 11. The largest absolute Gasteiger partial charge is 0.477 e. The Morgan fingerprint density at radius 1 is 1.38 bits per heavy atom. The summed E-state index contributed by atoms with van der Waals surface area (Å²) < 4.78 is 5.18. The van der Waals surface area contributed by atoms with Crippen LogP contribution in [0.1, 0.15) is 12.1 Å². The van der Waals surface area contributed by atoms with E-state index >= 15 is 0 Å². The van der Waals surface area contributed by atoms with Crippen molar-refractivity contribution in [2.75, 3.05) is 31.2 Å². The van der Waals surface area contributed by atoms with Gasteiger partial charge in [-0.25, -0.2) is 14.6 Å². The van der Waals surface area contributed by atoms with Crippen LogP contribution >= 0.6 is 23.1 Å². The maximum absolute atomic E-state index is 12.7. The molecular weight excluding hydrogens is 464 g/mol. The second-order valence-corrected chi connectivity index (χ2v) is 9.03. The number of nitrogens with two attached hydrogens (primary N) is 1. The van der Waals surface area contributed by atoms with Gasteiger partial charge in [-0.3, -0.25) is 14.5 Å². The number of β-lactam (4-membered cyclic amide) rings is 1. The highest BCUT2D eigenvalue weighted by atomic mass is 32.2. The third-order valence-corrected chi connectivity index (χ3v) is 7.11. The van der Waals surface area contributed by atoms with Crippen molar-refractivity contribution in [1.82, 2.24) is 20.1 Å². The number of thioether (sulfide) groups is 1. The number of thiazole rings is 1. The molecule has 0 bridgehead atoms. The lowest BCUT2D eigenvalue weighted by atomic mass is 10.0. The van der Waals surface area contributed by atoms with Crippen molar-refractivity contribution in [2.45, 2.75) is 17.8 Å². The Morgan fingerprint density at radius 3 is 2.69 bits per heavy atom. The summed E-state index contributed by atoms with van der Waals surface area (Å²) in [5.41, 5.74) is 5.19. The molecule has 2 atom stereocenters. The van der Waals surface area contributed by atoms with Gasteiger partial charge >= 0.3 is 12.1 Å². The van der Waals surface area contributed by atoms with E-state index < -0.39 is 41.0 Å². The Morgan fingerprint density at radius 2 is 2.12 bits per heavy atom. The summed E-state index contributed by atoms with van der Waals surface area (Å²) in [6.45, 7) is 0.947. The summed E-state index contributed by atoms with van der Waals surface area (Å²) in [6.07, 6.45) is 0.364. The molecule has 13 nitrogen and oxygen atoms in total. The predicted octanol–water partition coefficient (Wildman–Crippen LogP) is -0.515. The van der Waals surface area contributed by atoms with Crippen molar-refractivity contribution in [3.05, 3.63) is 22.3 Å². The Bertz CT molecular complexity index is 1050. The van der Waals surface area contributed by atoms with Crippen LogP contribution in [0.2, 0.25) is 0 Å². The second kappa shape index (κ2) is 8.66. The SMILES string of the molecule is Nc1nc(/C(=N/O)C(=O)NC2C(=O)N3C(C(=O)O)=C(COC(=O)N4CCC4)CS[C@H]23)cs1. The van der Waals surface area contributed by atoms with E-state index in [0.29, 0.717) is 18.7 Å². The van der Waals surface area contributed by atoms with Crippen molar-refractivity contribution in [1.29, 1.82) is 0 Å². The van der Waals surface area contributed by atoms with Crippen molar-refractivity contribution < 1.29 is 34.2 Å². The highest BCUT2D eigenvalue weighted by molar-refractivity contribution is 8.00. The zero-order valence-electron chi connectivity index (χ0n) is 16.4. The van der Waals surface area contributed by atoms with Crippen LogP contribution in [0.5, 0.6) is 0 Å². The summed E-state index contributed by atoms with van der Waals surface area (Å²) in [5, 5.41) is 25.2. The maximum atomic E-state index is 12.7. The number of rotatable bonds is 6. The number of ether oxygens (including phenoxy) is 1. The van der Waals surface area contributed by atoms with Gasteiger partial charge in [-0.15, -0.1) is 23.1 Å². The molecule has 1 aromatic heterocycles. The molecule has 1 aromatic rings. The molecule has 3 aliphatic heterocycles. The highest BCUT2D eigenvalue weighted by Gasteiger charge is 2.54. The normalized spacial score (nSPS) is 22.6. The standard InChI is InChI=1S/C17H18N6O7S2/c18-16-19-8(6-32-16)9(21-29)12(24)20-10-13(25)23-11(15(26)27)7(5-31-14(10)23)4-30-17(28)22-2-1-3-22/h6,10,14,29H,1-5H2,(H2,18,19)(H,20,24)(H,26,27)/b21-9-/t10?,14-/m1/s1. The molecular formula is C17H18N6O7S2. The Kier molecular flexibility index (Phi) is 5.92. The van der Waals surface area contributed by atoms with Gasteiger partial charge in [0.05, 0.1) is 0 Å². The summed E-state index contributed by atoms with van der Waals surface area (Å²) in [7, 11) is 0. The predicted molar refractivity (Wildman–Crippen MR) is 112 cm³/mol. The van der Waals surface area contributed by atoms with Gasteiger partial charge in [-0.2, -0.15) is 0 Å². The molecule has 32 heavy (non-hydrogen) atoms. The Labute approximate surface area is 188 Å². The number of likely N-dealkylation sites (tertiary alicyclic amines) is 1. The average molecular weight is 483 g/mol. The molecule has 0 aliphatic carbocycles. The van der Waals surface area contributed by atoms with E-state index in [2.05, 4.69) is 15.5 Å². The van der Waals surface area contributed by atoms with E-state index in [1.807, 2.05) is 0 Å². The van der Waals surface area contributed by atoms with E-state index in [-0.39, 0.29) is 28.9 Å². The number of carbonyl (C=O) groups excluding carboxylic acids is 3. The van der Waals surface area contributed by atoms with Crippen LogP contribution in [0.15, 0.2) is 21.8 Å². The Balaban J connectivity index is 1.45. The van der Waals surface area contributed by atoms with Gasteiger partial charge in [0.25, 0.3) is 11.8 Å². The lowest BCUT2D eigenvalue weighted by Crippen LogP contribution is -2.71. The zero-order valence-corrected chi connectivity index (χ0v) is 18.0. The molecule has 3 amide bonds. The summed E-state index contributed by atoms with van der Waals surface area (Å²) >= 11 is 2.27. The number of nitrogen functional groups attached to an aromatic ring is 1. The van der Waals surface area contributed by atoms with Gasteiger partial charge < -0.3 is 31.0 Å². The first kappa shape index (κ1) is 21.9. The number of nitrogens with zero attached hydrogens (tertiary/aromatic N) is 4. The number of nitrogens with one attached hydrogen (secondary N) is 1. The molecule has 3 aliphatic rings. The molecule has 15 heteroatoms. The minimum atomic E-state index is -1.33. The molecule has 0 radical (unpaired) electrons. The van der Waals surface area contributed by atoms with E-state index in [9.17, 15) is 29.5 Å². The number of carboxylic acid groups (broad SMARTS) is 1. The third kappa shape index (κ3) is 3.84. The van der Waals surface area contributed by atoms with Crippen molar-refractivity contribution >= 4 is 57.8 Å². The summed E-state index contributed by atoms with van der Waals surface area (Å²) in [6, 6.07) is -1.03. The topological polar surface area (TPSA) is 188 Å². The van der Waals surface area contributed by atoms with E-state index in [4.69, 9.17) is 10.5 Å². The van der Waals surface area contributed by atoms with Crippen molar-refractivity contribution in [3.8, 4) is 0 Å². The summed E-state index contributed by atoms with van der Waals surface area (Å²) in [5.74, 6) is -2.64. The number of aliphatic carboxylic acids is 1. The number of carboxylic acids is 1. The van der Waals surface area contributed by atoms with Crippen LogP contribution in [0, 0.1) is 0 Å². The van der Waals surface area contributed by atoms with Crippen LogP contribution in [-0.2, 0) is 19.1 Å². The number of oxime groups is 1. The fourth-order valence-corrected chi connectivity index (χ4v) is 5.23. The number of hydrogen-bond donors (Lipinski definition) is 4. The van der Waals surface area contributed by atoms with E-state index in [0.717, 1.165) is 22.7 Å². The number of aromatic nitrogens is 1. The molecule has 4 rings (SSSR count). The second-order valence-electron chi connectivity index (χ2n) is 7.03. The minimum absolute atomic E-state index is 0.0462. The number of fused-ring (bicyclic) bond motifs is 1. The number of carbonyl (C=O) groups is 4. The molecule has 2 fully saturated rings. The van der Waals surface area contributed by atoms with E-state index in [1.165, 1.54) is 22.0 Å². The van der Waals surface area contributed by atoms with Crippen LogP contribution in [0.25, 0.3) is 0 Å². The molecule has 1 unspecified atom stereocenters. The molecule has 2 saturated heterocycles. The molecule has 5 N–H and O–H groups in total. The lowest BCUT2D eigenvalue weighted by Gasteiger charge is -2.49. The molecule has 170 valence electrons. The quantitative estimate of drug-likeness (QED) is 0.178. The first-order chi connectivity index (χ1) is 15.3. The maximum Gasteiger partial charge on any atom is 0.410 e. The van der Waals surface area contributed by atoms with Crippen LogP contribution in [0.4, 0.5) is 9.93 Å². The van der Waals surface area contributed by atoms with Gasteiger partial charge in [-0.1, -0.05) is 5.16 Å². The first-order valence-corrected chi connectivity index (χ1v) is 11.3. The van der Waals surface area contributed by atoms with Crippen LogP contribution < -0.4 is 11.1 Å². The average Bonchev–Trinajstić information content (AvgIpc) is 3.14. The van der Waals surface area contributed by atoms with Crippen LogP contribution in [0.3, 0.4) is 0 Å². The molecule has 0 saturated carbocycles. The zero-order chi connectivity index (χ0) is 23.0. The number of amides is 3. The number of anilines is 1. The smallest absolute Gasteiger partial charge is 0.410 e. The lowest BCUT2D eigenvalue weighted by molar-refractivity contribution is -0.150. The third-order valence-electron chi connectivity index (χ3n) is 5.10. The molecule has 4 heterocycles. The van der Waals surface area contributed by atoms with Gasteiger partial charge in [0.2, 0.25) is 0 Å². The fourth-order valence-electron chi connectivity index (χ4n) is 3.35. The van der Waals surface area contributed by atoms with Crippen molar-refractivity contribution in [3.63, 3.8) is 0 Å². The van der Waals surface area contributed by atoms with Gasteiger partial charge in [0.1, 0.15) is 29.4 Å². The van der Waals surface area contributed by atoms with E-state index in [1.54, 1.807) is 0 Å². The van der Waals surface area contributed by atoms with Gasteiger partial charge in [0, 0.05) is 29.8 Å². The molecule has 0 aromatic carbocycles. The monoisotopic (exact) mass is 482 g/mol. The minimum Gasteiger partial charge on any atom is -0.477 e. The van der Waals surface area contributed by atoms with Gasteiger partial charge in [-0.05, 0) is 6.42 Å². The fraction of sp³-hybridized carbons (Fsp3) is 0.412. The van der Waals surface area contributed by atoms with Gasteiger partial charge in [0.15, 0.2) is 10.8 Å². The van der Waals surface area contributed by atoms with Crippen molar-refractivity contribution in [2.24, 2.45) is 5.16 Å². The summed E-state index contributed by atoms with van der Waals surface area (Å²) in [4.78, 5) is 55.4.